The maximum atomic E-state index is 12.0. The van der Waals surface area contributed by atoms with E-state index in [0.29, 0.717) is 6.54 Å². The molecule has 1 aliphatic heterocycles. The Kier molecular flexibility index (Phi) is 3.77. The molecule has 0 saturated carbocycles. The van der Waals surface area contributed by atoms with Crippen molar-refractivity contribution in [3.8, 4) is 11.5 Å². The summed E-state index contributed by atoms with van der Waals surface area (Å²) in [5.74, 6) is 1.50. The third-order valence-corrected chi connectivity index (χ3v) is 3.45. The van der Waals surface area contributed by atoms with Gasteiger partial charge in [-0.25, -0.2) is 0 Å². The van der Waals surface area contributed by atoms with Crippen LogP contribution in [-0.2, 0) is 11.2 Å². The molecular formula is C15H17N3O3. The molecule has 1 atom stereocenters. The monoisotopic (exact) mass is 287 g/mol. The lowest BCUT2D eigenvalue weighted by molar-refractivity contribution is -0.124. The second-order valence-corrected chi connectivity index (χ2v) is 4.89. The van der Waals surface area contributed by atoms with Gasteiger partial charge >= 0.3 is 0 Å². The molecule has 0 bridgehead atoms. The molecule has 6 nitrogen and oxygen atoms in total. The molecule has 0 saturated heterocycles. The molecule has 1 unspecified atom stereocenters. The van der Waals surface area contributed by atoms with Gasteiger partial charge in [0.15, 0.2) is 11.5 Å². The average Bonchev–Trinajstić information content (AvgIpc) is 3.17. The molecule has 6 heteroatoms. The van der Waals surface area contributed by atoms with Crippen molar-refractivity contribution in [2.45, 2.75) is 19.4 Å². The number of hydrogen-bond acceptors (Lipinski definition) is 4. The minimum absolute atomic E-state index is 0.0422. The highest BCUT2D eigenvalue weighted by atomic mass is 16.7. The normalized spacial score (nSPS) is 14.0. The van der Waals surface area contributed by atoms with Gasteiger partial charge in [0.05, 0.1) is 0 Å². The summed E-state index contributed by atoms with van der Waals surface area (Å²) < 4.78 is 12.2. The highest BCUT2D eigenvalue weighted by Gasteiger charge is 2.15. The van der Waals surface area contributed by atoms with Gasteiger partial charge in [-0.1, -0.05) is 6.07 Å². The third kappa shape index (κ3) is 2.99. The fraction of sp³-hybridized carbons (Fsp3) is 0.333. The number of benzene rings is 1. The van der Waals surface area contributed by atoms with E-state index in [1.54, 1.807) is 23.1 Å². The zero-order valence-corrected chi connectivity index (χ0v) is 11.8. The minimum Gasteiger partial charge on any atom is -0.454 e. The predicted molar refractivity (Wildman–Crippen MR) is 76.2 cm³/mol. The van der Waals surface area contributed by atoms with E-state index in [4.69, 9.17) is 9.47 Å². The molecule has 1 aromatic heterocycles. The fourth-order valence-corrected chi connectivity index (χ4v) is 2.20. The lowest BCUT2D eigenvalue weighted by atomic mass is 10.1. The first-order valence-electron chi connectivity index (χ1n) is 6.89. The summed E-state index contributed by atoms with van der Waals surface area (Å²) in [4.78, 5) is 12.0. The van der Waals surface area contributed by atoms with E-state index in [-0.39, 0.29) is 18.7 Å². The first-order valence-corrected chi connectivity index (χ1v) is 6.89. The van der Waals surface area contributed by atoms with E-state index in [2.05, 4.69) is 10.4 Å². The summed E-state index contributed by atoms with van der Waals surface area (Å²) in [6.07, 6.45) is 4.19. The highest BCUT2D eigenvalue weighted by Crippen LogP contribution is 2.32. The SMILES string of the molecule is CC(C(=O)NCCc1ccc2c(c1)OCO2)n1cccn1. The van der Waals surface area contributed by atoms with Crippen molar-refractivity contribution in [1.82, 2.24) is 15.1 Å². The quantitative estimate of drug-likeness (QED) is 0.905. The van der Waals surface area contributed by atoms with Gasteiger partial charge < -0.3 is 14.8 Å². The Bertz CT molecular complexity index is 625. The summed E-state index contributed by atoms with van der Waals surface area (Å²) in [6.45, 7) is 2.67. The van der Waals surface area contributed by atoms with Crippen LogP contribution in [0.5, 0.6) is 11.5 Å². The molecule has 1 N–H and O–H groups in total. The summed E-state index contributed by atoms with van der Waals surface area (Å²) in [5.41, 5.74) is 1.10. The zero-order valence-electron chi connectivity index (χ0n) is 11.8. The average molecular weight is 287 g/mol. The molecule has 0 radical (unpaired) electrons. The number of amides is 1. The van der Waals surface area contributed by atoms with Gasteiger partial charge in [0.25, 0.3) is 0 Å². The van der Waals surface area contributed by atoms with Crippen molar-refractivity contribution in [3.05, 3.63) is 42.2 Å². The smallest absolute Gasteiger partial charge is 0.244 e. The van der Waals surface area contributed by atoms with E-state index in [0.717, 1.165) is 23.5 Å². The molecule has 2 aromatic rings. The topological polar surface area (TPSA) is 65.4 Å². The second-order valence-electron chi connectivity index (χ2n) is 4.89. The molecular weight excluding hydrogens is 270 g/mol. The van der Waals surface area contributed by atoms with Gasteiger partial charge in [0.1, 0.15) is 6.04 Å². The van der Waals surface area contributed by atoms with Crippen molar-refractivity contribution in [1.29, 1.82) is 0 Å². The Morgan fingerprint density at radius 2 is 2.29 bits per heavy atom. The molecule has 0 spiro atoms. The number of carbonyl (C=O) groups is 1. The van der Waals surface area contributed by atoms with Crippen LogP contribution in [0.25, 0.3) is 0 Å². The van der Waals surface area contributed by atoms with Gasteiger partial charge in [-0.3, -0.25) is 9.48 Å². The van der Waals surface area contributed by atoms with Crippen LogP contribution in [0.1, 0.15) is 18.5 Å². The van der Waals surface area contributed by atoms with Crippen LogP contribution in [0, 0.1) is 0 Å². The Hall–Kier alpha value is -2.50. The molecule has 3 rings (SSSR count). The Balaban J connectivity index is 1.51. The van der Waals surface area contributed by atoms with Crippen molar-refractivity contribution in [2.24, 2.45) is 0 Å². The number of carbonyl (C=O) groups excluding carboxylic acids is 1. The first-order chi connectivity index (χ1) is 10.2. The third-order valence-electron chi connectivity index (χ3n) is 3.45. The van der Waals surface area contributed by atoms with Crippen LogP contribution in [0.4, 0.5) is 0 Å². The van der Waals surface area contributed by atoms with Gasteiger partial charge in [-0.05, 0) is 37.1 Å². The van der Waals surface area contributed by atoms with E-state index < -0.39 is 0 Å². The largest absolute Gasteiger partial charge is 0.454 e. The number of ether oxygens (including phenoxy) is 2. The summed E-state index contributed by atoms with van der Waals surface area (Å²) >= 11 is 0. The maximum absolute atomic E-state index is 12.0. The summed E-state index contributed by atoms with van der Waals surface area (Å²) in [7, 11) is 0. The molecule has 0 fully saturated rings. The molecule has 0 aliphatic carbocycles. The molecule has 110 valence electrons. The number of aromatic nitrogens is 2. The number of fused-ring (bicyclic) bond motifs is 1. The van der Waals surface area contributed by atoms with Crippen molar-refractivity contribution in [3.63, 3.8) is 0 Å². The second kappa shape index (κ2) is 5.87. The lowest BCUT2D eigenvalue weighted by Crippen LogP contribution is -2.32. The van der Waals surface area contributed by atoms with E-state index in [1.807, 2.05) is 25.1 Å². The number of nitrogens with one attached hydrogen (secondary N) is 1. The lowest BCUT2D eigenvalue weighted by Gasteiger charge is -2.12. The van der Waals surface area contributed by atoms with Crippen LogP contribution in [0.3, 0.4) is 0 Å². The molecule has 1 amide bonds. The molecule has 1 aromatic carbocycles. The molecule has 2 heterocycles. The zero-order chi connectivity index (χ0) is 14.7. The fourth-order valence-electron chi connectivity index (χ4n) is 2.20. The Morgan fingerprint density at radius 3 is 3.10 bits per heavy atom. The van der Waals surface area contributed by atoms with E-state index in [9.17, 15) is 4.79 Å². The summed E-state index contributed by atoms with van der Waals surface area (Å²) in [6, 6.07) is 7.32. The van der Waals surface area contributed by atoms with Crippen LogP contribution in [0.15, 0.2) is 36.7 Å². The van der Waals surface area contributed by atoms with Crippen molar-refractivity contribution < 1.29 is 14.3 Å². The van der Waals surface area contributed by atoms with Crippen LogP contribution >= 0.6 is 0 Å². The van der Waals surface area contributed by atoms with Crippen LogP contribution in [0.2, 0.25) is 0 Å². The van der Waals surface area contributed by atoms with Crippen LogP contribution in [-0.4, -0.2) is 29.0 Å². The van der Waals surface area contributed by atoms with Gasteiger partial charge in [0.2, 0.25) is 12.7 Å². The number of nitrogens with zero attached hydrogens (tertiary/aromatic N) is 2. The predicted octanol–water partition coefficient (Wildman–Crippen LogP) is 1.53. The van der Waals surface area contributed by atoms with Gasteiger partial charge in [0, 0.05) is 18.9 Å². The minimum atomic E-state index is -0.309. The molecule has 1 aliphatic rings. The standard InChI is InChI=1S/C15H17N3O3/c1-11(18-8-2-6-17-18)15(19)16-7-5-12-3-4-13-14(9-12)21-10-20-13/h2-4,6,8-9,11H,5,7,10H2,1H3,(H,16,19). The van der Waals surface area contributed by atoms with Crippen molar-refractivity contribution in [2.75, 3.05) is 13.3 Å². The molecule has 21 heavy (non-hydrogen) atoms. The first kappa shape index (κ1) is 13.5. The van der Waals surface area contributed by atoms with Crippen LogP contribution < -0.4 is 14.8 Å². The van der Waals surface area contributed by atoms with Gasteiger partial charge in [-0.2, -0.15) is 5.10 Å². The van der Waals surface area contributed by atoms with Crippen molar-refractivity contribution >= 4 is 5.91 Å². The van der Waals surface area contributed by atoms with E-state index >= 15 is 0 Å². The number of hydrogen-bond donors (Lipinski definition) is 1. The Morgan fingerprint density at radius 1 is 1.43 bits per heavy atom. The Labute approximate surface area is 122 Å². The summed E-state index contributed by atoms with van der Waals surface area (Å²) in [5, 5.41) is 6.98. The maximum Gasteiger partial charge on any atom is 0.244 e. The van der Waals surface area contributed by atoms with Gasteiger partial charge in [-0.15, -0.1) is 0 Å². The van der Waals surface area contributed by atoms with E-state index in [1.165, 1.54) is 0 Å². The number of rotatable bonds is 5. The highest BCUT2D eigenvalue weighted by molar-refractivity contribution is 5.79.